The summed E-state index contributed by atoms with van der Waals surface area (Å²) in [5, 5.41) is 1.29. The van der Waals surface area contributed by atoms with Crippen molar-refractivity contribution in [2.45, 2.75) is 12.3 Å². The third-order valence-electron chi connectivity index (χ3n) is 2.10. The Labute approximate surface area is 90.8 Å². The van der Waals surface area contributed by atoms with Gasteiger partial charge in [-0.3, -0.25) is 4.98 Å². The number of nitrogens with zero attached hydrogens (tertiary/aromatic N) is 2. The van der Waals surface area contributed by atoms with E-state index in [2.05, 4.69) is 4.98 Å². The fourth-order valence-corrected chi connectivity index (χ4v) is 1.05. The summed E-state index contributed by atoms with van der Waals surface area (Å²) in [5.41, 5.74) is 5.17. The Hall–Kier alpha value is -1.18. The summed E-state index contributed by atoms with van der Waals surface area (Å²) in [7, 11) is 2.97. The molecule has 0 saturated carbocycles. The van der Waals surface area contributed by atoms with Gasteiger partial charge in [0, 0.05) is 13.2 Å². The number of hydroxylamine groups is 2. The van der Waals surface area contributed by atoms with Crippen LogP contribution in [0, 0.1) is 0 Å². The Bertz CT molecular complexity index is 339. The summed E-state index contributed by atoms with van der Waals surface area (Å²) in [6, 6.07) is 2.16. The molecule has 7 heteroatoms. The molecule has 0 fully saturated rings. The number of pyridine rings is 1. The molecule has 4 nitrogen and oxygen atoms in total. The summed E-state index contributed by atoms with van der Waals surface area (Å²) in [6.45, 7) is 0. The van der Waals surface area contributed by atoms with Crippen molar-refractivity contribution in [3.05, 3.63) is 29.6 Å². The first kappa shape index (κ1) is 12.9. The second-order valence-electron chi connectivity index (χ2n) is 3.14. The largest absolute Gasteiger partial charge is 0.417 e. The second kappa shape index (κ2) is 4.77. The highest BCUT2D eigenvalue weighted by atomic mass is 19.4. The van der Waals surface area contributed by atoms with Gasteiger partial charge in [-0.25, -0.2) is 0 Å². The Balaban J connectivity index is 2.87. The molecule has 1 rings (SSSR count). The highest BCUT2D eigenvalue weighted by Crippen LogP contribution is 2.28. The Morgan fingerprint density at radius 3 is 2.44 bits per heavy atom. The van der Waals surface area contributed by atoms with Crippen LogP contribution < -0.4 is 5.73 Å². The molecule has 90 valence electrons. The van der Waals surface area contributed by atoms with Crippen LogP contribution in [0.4, 0.5) is 13.2 Å². The molecule has 0 spiro atoms. The minimum absolute atomic E-state index is 0.303. The zero-order chi connectivity index (χ0) is 12.3. The van der Waals surface area contributed by atoms with E-state index in [-0.39, 0.29) is 0 Å². The molecule has 1 unspecified atom stereocenters. The molecule has 0 amide bonds. The van der Waals surface area contributed by atoms with Crippen LogP contribution in [0.25, 0.3) is 0 Å². The van der Waals surface area contributed by atoms with Crippen LogP contribution in [0.15, 0.2) is 18.3 Å². The van der Waals surface area contributed by atoms with Crippen LogP contribution >= 0.6 is 0 Å². The second-order valence-corrected chi connectivity index (χ2v) is 3.14. The van der Waals surface area contributed by atoms with E-state index in [1.54, 1.807) is 7.05 Å². The molecule has 0 aromatic carbocycles. The summed E-state index contributed by atoms with van der Waals surface area (Å²) in [4.78, 5) is 8.46. The predicted octanol–water partition coefficient (Wildman–Crippen LogP) is 1.55. The summed E-state index contributed by atoms with van der Waals surface area (Å²) in [6.07, 6.45) is -4.34. The molecule has 0 saturated heterocycles. The lowest BCUT2D eigenvalue weighted by Gasteiger charge is -2.21. The predicted molar refractivity (Wildman–Crippen MR) is 50.9 cm³/mol. The molecule has 1 heterocycles. The first-order valence-electron chi connectivity index (χ1n) is 4.42. The molecule has 1 atom stereocenters. The van der Waals surface area contributed by atoms with Crippen molar-refractivity contribution in [2.75, 3.05) is 14.2 Å². The van der Waals surface area contributed by atoms with Gasteiger partial charge in [-0.1, -0.05) is 0 Å². The number of rotatable bonds is 3. The maximum atomic E-state index is 12.2. The zero-order valence-corrected chi connectivity index (χ0v) is 8.82. The zero-order valence-electron chi connectivity index (χ0n) is 8.82. The van der Waals surface area contributed by atoms with Crippen LogP contribution in [0.5, 0.6) is 0 Å². The minimum atomic E-state index is -4.39. The minimum Gasteiger partial charge on any atom is -0.309 e. The van der Waals surface area contributed by atoms with E-state index in [4.69, 9.17) is 10.6 Å². The summed E-state index contributed by atoms with van der Waals surface area (Å²) in [5.74, 6) is 0. The van der Waals surface area contributed by atoms with Gasteiger partial charge < -0.3 is 10.6 Å². The molecule has 1 aromatic rings. The van der Waals surface area contributed by atoms with Gasteiger partial charge in [0.2, 0.25) is 0 Å². The number of alkyl halides is 3. The number of hydrogen-bond donors (Lipinski definition) is 1. The van der Waals surface area contributed by atoms with Crippen molar-refractivity contribution in [3.8, 4) is 0 Å². The monoisotopic (exact) mass is 235 g/mol. The molecule has 0 bridgehead atoms. The van der Waals surface area contributed by atoms with Crippen molar-refractivity contribution in [1.29, 1.82) is 0 Å². The lowest BCUT2D eigenvalue weighted by atomic mass is 10.2. The van der Waals surface area contributed by atoms with Gasteiger partial charge in [0.05, 0.1) is 18.4 Å². The highest BCUT2D eigenvalue weighted by Gasteiger charge is 2.31. The molecule has 16 heavy (non-hydrogen) atoms. The third-order valence-corrected chi connectivity index (χ3v) is 2.10. The fraction of sp³-hybridized carbons (Fsp3) is 0.444. The van der Waals surface area contributed by atoms with E-state index in [1.165, 1.54) is 18.2 Å². The van der Waals surface area contributed by atoms with E-state index in [9.17, 15) is 13.2 Å². The Morgan fingerprint density at radius 2 is 2.06 bits per heavy atom. The van der Waals surface area contributed by atoms with E-state index < -0.39 is 17.9 Å². The van der Waals surface area contributed by atoms with Gasteiger partial charge in [-0.2, -0.15) is 18.2 Å². The molecule has 0 aliphatic rings. The first-order valence-corrected chi connectivity index (χ1v) is 4.42. The van der Waals surface area contributed by atoms with E-state index in [0.29, 0.717) is 5.69 Å². The maximum Gasteiger partial charge on any atom is 0.417 e. The topological polar surface area (TPSA) is 51.4 Å². The van der Waals surface area contributed by atoms with Gasteiger partial charge in [-0.05, 0) is 12.1 Å². The molecular weight excluding hydrogens is 223 g/mol. The van der Waals surface area contributed by atoms with Gasteiger partial charge in [0.25, 0.3) is 0 Å². The van der Waals surface area contributed by atoms with Gasteiger partial charge in [0.1, 0.15) is 6.17 Å². The SMILES string of the molecule is CON(C)C(N)c1ccc(C(F)(F)F)cn1. The fourth-order valence-electron chi connectivity index (χ4n) is 1.05. The summed E-state index contributed by atoms with van der Waals surface area (Å²) >= 11 is 0. The number of halogens is 3. The van der Waals surface area contributed by atoms with Crippen LogP contribution in [0.1, 0.15) is 17.4 Å². The van der Waals surface area contributed by atoms with Crippen LogP contribution in [-0.2, 0) is 11.0 Å². The summed E-state index contributed by atoms with van der Waals surface area (Å²) < 4.78 is 36.7. The molecule has 2 N–H and O–H groups in total. The van der Waals surface area contributed by atoms with Crippen molar-refractivity contribution >= 4 is 0 Å². The number of aromatic nitrogens is 1. The highest BCUT2D eigenvalue weighted by molar-refractivity contribution is 5.18. The van der Waals surface area contributed by atoms with Crippen molar-refractivity contribution in [3.63, 3.8) is 0 Å². The van der Waals surface area contributed by atoms with Crippen molar-refractivity contribution < 1.29 is 18.0 Å². The third kappa shape index (κ3) is 2.91. The van der Waals surface area contributed by atoms with E-state index in [0.717, 1.165) is 12.3 Å². The van der Waals surface area contributed by atoms with Gasteiger partial charge >= 0.3 is 6.18 Å². The average Bonchev–Trinajstić information content (AvgIpc) is 2.26. The van der Waals surface area contributed by atoms with E-state index >= 15 is 0 Å². The number of nitrogens with two attached hydrogens (primary N) is 1. The van der Waals surface area contributed by atoms with Gasteiger partial charge in [0.15, 0.2) is 0 Å². The smallest absolute Gasteiger partial charge is 0.309 e. The molecular formula is C9H12F3N3O. The first-order chi connectivity index (χ1) is 7.36. The lowest BCUT2D eigenvalue weighted by Crippen LogP contribution is -2.31. The van der Waals surface area contributed by atoms with E-state index in [1.807, 2.05) is 0 Å². The van der Waals surface area contributed by atoms with Crippen molar-refractivity contribution in [1.82, 2.24) is 10.0 Å². The molecule has 1 aromatic heterocycles. The lowest BCUT2D eigenvalue weighted by molar-refractivity contribution is -0.142. The maximum absolute atomic E-state index is 12.2. The van der Waals surface area contributed by atoms with Crippen LogP contribution in [-0.4, -0.2) is 24.2 Å². The number of hydrogen-bond acceptors (Lipinski definition) is 4. The molecule has 0 radical (unpaired) electrons. The van der Waals surface area contributed by atoms with Crippen LogP contribution in [0.3, 0.4) is 0 Å². The van der Waals surface area contributed by atoms with Crippen molar-refractivity contribution in [2.24, 2.45) is 5.73 Å². The Morgan fingerprint density at radius 1 is 1.44 bits per heavy atom. The quantitative estimate of drug-likeness (QED) is 0.638. The van der Waals surface area contributed by atoms with Crippen LogP contribution in [0.2, 0.25) is 0 Å². The molecule has 0 aliphatic heterocycles. The molecule has 0 aliphatic carbocycles. The van der Waals surface area contributed by atoms with Gasteiger partial charge in [-0.15, -0.1) is 0 Å². The normalized spacial score (nSPS) is 14.2. The standard InChI is InChI=1S/C9H12F3N3O/c1-15(16-2)8(13)7-4-3-6(5-14-7)9(10,11)12/h3-5,8H,13H2,1-2H3. The average molecular weight is 235 g/mol. The Kier molecular flexibility index (Phi) is 3.84.